The molecule has 0 radical (unpaired) electrons. The molecule has 0 aliphatic rings. The lowest BCUT2D eigenvalue weighted by atomic mass is 10.0. The van der Waals surface area contributed by atoms with Crippen molar-refractivity contribution in [2.45, 2.75) is 0 Å². The Hall–Kier alpha value is -6.36. The van der Waals surface area contributed by atoms with Crippen molar-refractivity contribution in [3.63, 3.8) is 0 Å². The van der Waals surface area contributed by atoms with Gasteiger partial charge in [0.25, 0.3) is 0 Å². The van der Waals surface area contributed by atoms with E-state index in [4.69, 9.17) is 4.42 Å². The van der Waals surface area contributed by atoms with E-state index >= 15 is 0 Å². The van der Waals surface area contributed by atoms with Crippen molar-refractivity contribution in [2.75, 3.05) is 4.90 Å². The first-order chi connectivity index (χ1) is 24.8. The third-order valence-electron chi connectivity index (χ3n) is 10.1. The van der Waals surface area contributed by atoms with Gasteiger partial charge in [0.2, 0.25) is 0 Å². The summed E-state index contributed by atoms with van der Waals surface area (Å²) in [5, 5.41) is 9.81. The van der Waals surface area contributed by atoms with Gasteiger partial charge in [-0.2, -0.15) is 0 Å². The molecule has 0 fully saturated rings. The highest BCUT2D eigenvalue weighted by Gasteiger charge is 2.20. The van der Waals surface area contributed by atoms with Crippen molar-refractivity contribution in [2.24, 2.45) is 0 Å². The predicted octanol–water partition coefficient (Wildman–Crippen LogP) is 13.7. The molecule has 0 N–H and O–H groups in total. The molecule has 4 heteroatoms. The maximum Gasteiger partial charge on any atom is 0.135 e. The molecule has 8 aromatic carbocycles. The summed E-state index contributed by atoms with van der Waals surface area (Å²) >= 11 is 1.86. The Morgan fingerprint density at radius 2 is 1.02 bits per heavy atom. The summed E-state index contributed by atoms with van der Waals surface area (Å²) in [4.78, 5) is 2.40. The van der Waals surface area contributed by atoms with Crippen LogP contribution in [0.1, 0.15) is 0 Å². The molecular weight excluding hydrogens is 629 g/mol. The summed E-state index contributed by atoms with van der Waals surface area (Å²) in [5.41, 5.74) is 8.58. The average molecular weight is 657 g/mol. The molecule has 11 rings (SSSR count). The Bertz CT molecular complexity index is 3110. The smallest absolute Gasteiger partial charge is 0.135 e. The minimum absolute atomic E-state index is 0.890. The minimum Gasteiger partial charge on any atom is -0.456 e. The molecular formula is C46H28N2OS. The predicted molar refractivity (Wildman–Crippen MR) is 213 cm³/mol. The van der Waals surface area contributed by atoms with Crippen molar-refractivity contribution in [1.29, 1.82) is 0 Å². The van der Waals surface area contributed by atoms with E-state index in [1.807, 2.05) is 23.5 Å². The minimum atomic E-state index is 0.890. The Morgan fingerprint density at radius 3 is 1.90 bits per heavy atom. The highest BCUT2D eigenvalue weighted by Crippen LogP contribution is 2.44. The molecule has 3 heterocycles. The van der Waals surface area contributed by atoms with Gasteiger partial charge in [-0.05, 0) is 95.7 Å². The second-order valence-electron chi connectivity index (χ2n) is 13.0. The fraction of sp³-hybridized carbons (Fsp3) is 0. The molecule has 3 aromatic heterocycles. The quantitative estimate of drug-likeness (QED) is 0.188. The van der Waals surface area contributed by atoms with Crippen molar-refractivity contribution in [1.82, 2.24) is 4.57 Å². The van der Waals surface area contributed by atoms with Crippen LogP contribution in [0.2, 0.25) is 0 Å². The van der Waals surface area contributed by atoms with Gasteiger partial charge in [-0.3, -0.25) is 0 Å². The van der Waals surface area contributed by atoms with Gasteiger partial charge in [-0.1, -0.05) is 84.9 Å². The molecule has 50 heavy (non-hydrogen) atoms. The number of fused-ring (bicyclic) bond motifs is 10. The van der Waals surface area contributed by atoms with Gasteiger partial charge in [0.15, 0.2) is 0 Å². The van der Waals surface area contributed by atoms with E-state index in [-0.39, 0.29) is 0 Å². The van der Waals surface area contributed by atoms with Gasteiger partial charge in [-0.15, -0.1) is 11.3 Å². The van der Waals surface area contributed by atoms with Crippen LogP contribution in [0.5, 0.6) is 0 Å². The van der Waals surface area contributed by atoms with Crippen LogP contribution in [0.15, 0.2) is 174 Å². The van der Waals surface area contributed by atoms with Crippen molar-refractivity contribution in [3.8, 4) is 5.69 Å². The third kappa shape index (κ3) is 4.09. The fourth-order valence-corrected chi connectivity index (χ4v) is 8.96. The number of rotatable bonds is 4. The molecule has 0 unspecified atom stereocenters. The highest BCUT2D eigenvalue weighted by atomic mass is 32.1. The van der Waals surface area contributed by atoms with Gasteiger partial charge >= 0.3 is 0 Å². The molecule has 0 atom stereocenters. The number of furan rings is 1. The molecule has 0 spiro atoms. The number of para-hydroxylation sites is 3. The Kier molecular flexibility index (Phi) is 5.83. The van der Waals surface area contributed by atoms with Crippen LogP contribution < -0.4 is 4.90 Å². The summed E-state index contributed by atoms with van der Waals surface area (Å²) < 4.78 is 11.2. The van der Waals surface area contributed by atoms with E-state index in [0.29, 0.717) is 0 Å². The van der Waals surface area contributed by atoms with Crippen LogP contribution >= 0.6 is 11.3 Å². The van der Waals surface area contributed by atoms with Crippen LogP contribution in [0.3, 0.4) is 0 Å². The lowest BCUT2D eigenvalue weighted by Crippen LogP contribution is -2.10. The normalized spacial score (nSPS) is 12.0. The molecule has 0 aliphatic carbocycles. The number of hydrogen-bond donors (Lipinski definition) is 0. The second kappa shape index (κ2) is 10.6. The third-order valence-corrected chi connectivity index (χ3v) is 11.3. The van der Waals surface area contributed by atoms with Crippen molar-refractivity contribution >= 4 is 103 Å². The number of benzene rings is 8. The molecule has 0 amide bonds. The molecule has 0 bridgehead atoms. The molecule has 234 valence electrons. The van der Waals surface area contributed by atoms with Crippen LogP contribution in [0, 0.1) is 0 Å². The van der Waals surface area contributed by atoms with Gasteiger partial charge < -0.3 is 13.9 Å². The number of aromatic nitrogens is 1. The first kappa shape index (κ1) is 27.6. The van der Waals surface area contributed by atoms with Gasteiger partial charge in [-0.25, -0.2) is 0 Å². The van der Waals surface area contributed by atoms with E-state index in [9.17, 15) is 0 Å². The van der Waals surface area contributed by atoms with Crippen LogP contribution in [-0.4, -0.2) is 4.57 Å². The summed E-state index contributed by atoms with van der Waals surface area (Å²) in [6.45, 7) is 0. The fourth-order valence-electron chi connectivity index (χ4n) is 7.84. The van der Waals surface area contributed by atoms with Crippen LogP contribution in [0.25, 0.3) is 80.4 Å². The van der Waals surface area contributed by atoms with E-state index in [0.717, 1.165) is 44.7 Å². The summed E-state index contributed by atoms with van der Waals surface area (Å²) in [6, 6.07) is 61.4. The van der Waals surface area contributed by atoms with E-state index in [2.05, 4.69) is 167 Å². The van der Waals surface area contributed by atoms with E-state index < -0.39 is 0 Å². The van der Waals surface area contributed by atoms with Crippen molar-refractivity contribution in [3.05, 3.63) is 170 Å². The first-order valence-corrected chi connectivity index (χ1v) is 17.7. The first-order valence-electron chi connectivity index (χ1n) is 16.9. The van der Waals surface area contributed by atoms with Gasteiger partial charge in [0.1, 0.15) is 11.2 Å². The van der Waals surface area contributed by atoms with Crippen LogP contribution in [-0.2, 0) is 0 Å². The Labute approximate surface area is 291 Å². The van der Waals surface area contributed by atoms with Crippen molar-refractivity contribution < 1.29 is 4.42 Å². The maximum atomic E-state index is 6.26. The Balaban J connectivity index is 1.19. The number of nitrogens with zero attached hydrogens (tertiary/aromatic N) is 2. The lowest BCUT2D eigenvalue weighted by Gasteiger charge is -2.26. The topological polar surface area (TPSA) is 21.3 Å². The molecule has 0 saturated heterocycles. The zero-order chi connectivity index (χ0) is 32.8. The van der Waals surface area contributed by atoms with Crippen LogP contribution in [0.4, 0.5) is 17.1 Å². The van der Waals surface area contributed by atoms with E-state index in [1.54, 1.807) is 0 Å². The zero-order valence-corrected chi connectivity index (χ0v) is 27.7. The maximum absolute atomic E-state index is 6.26. The molecule has 0 saturated carbocycles. The largest absolute Gasteiger partial charge is 0.456 e. The second-order valence-corrected chi connectivity index (χ2v) is 14.1. The average Bonchev–Trinajstić information content (AvgIpc) is 3.83. The standard InChI is InChI=1S/C46H28N2OS/c1-2-12-31(13-3-1)48-41-16-8-6-14-35(41)36-21-18-34(28-42(36)48)47(32-19-22-44-38(26-32)37-15-7-9-17-43(37)49-44)33-20-23-45-40(27-33)39-24-29-10-4-5-11-30(29)25-46(39)50-45/h1-28H. The summed E-state index contributed by atoms with van der Waals surface area (Å²) in [5.74, 6) is 0. The number of anilines is 3. The molecule has 3 nitrogen and oxygen atoms in total. The Morgan fingerprint density at radius 1 is 0.400 bits per heavy atom. The van der Waals surface area contributed by atoms with E-state index in [1.165, 1.54) is 52.8 Å². The van der Waals surface area contributed by atoms with Gasteiger partial charge in [0.05, 0.1) is 11.0 Å². The number of hydrogen-bond acceptors (Lipinski definition) is 3. The molecule has 11 aromatic rings. The summed E-state index contributed by atoms with van der Waals surface area (Å²) in [7, 11) is 0. The zero-order valence-electron chi connectivity index (χ0n) is 26.9. The SMILES string of the molecule is c1ccc(-n2c3ccccc3c3ccc(N(c4ccc5oc6ccccc6c5c4)c4ccc5sc6cc7ccccc7cc6c5c4)cc32)cc1. The monoisotopic (exact) mass is 656 g/mol. The lowest BCUT2D eigenvalue weighted by molar-refractivity contribution is 0.669. The molecule has 0 aliphatic heterocycles. The van der Waals surface area contributed by atoms with Gasteiger partial charge in [0, 0.05) is 64.5 Å². The summed E-state index contributed by atoms with van der Waals surface area (Å²) in [6.07, 6.45) is 0. The number of thiophene rings is 1. The highest BCUT2D eigenvalue weighted by molar-refractivity contribution is 7.25.